The number of benzene rings is 1. The van der Waals surface area contributed by atoms with E-state index in [0.717, 1.165) is 18.1 Å². The van der Waals surface area contributed by atoms with Crippen LogP contribution < -0.4 is 5.32 Å². The van der Waals surface area contributed by atoms with Crippen molar-refractivity contribution in [2.24, 2.45) is 0 Å². The van der Waals surface area contributed by atoms with Crippen LogP contribution >= 0.6 is 11.6 Å². The van der Waals surface area contributed by atoms with E-state index in [0.29, 0.717) is 6.04 Å². The van der Waals surface area contributed by atoms with Gasteiger partial charge < -0.3 is 5.32 Å². The second kappa shape index (κ2) is 8.02. The van der Waals surface area contributed by atoms with Crippen molar-refractivity contribution in [3.8, 4) is 0 Å². The minimum absolute atomic E-state index is 0.164. The summed E-state index contributed by atoms with van der Waals surface area (Å²) in [6.07, 6.45) is 2.40. The number of hydrogen-bond donors (Lipinski definition) is 1. The van der Waals surface area contributed by atoms with Gasteiger partial charge >= 0.3 is 0 Å². The van der Waals surface area contributed by atoms with Crippen molar-refractivity contribution in [2.45, 2.75) is 58.7 Å². The fraction of sp³-hybridized carbons (Fsp3) is 0.647. The van der Waals surface area contributed by atoms with Crippen LogP contribution in [0.3, 0.4) is 0 Å². The third kappa shape index (κ3) is 6.25. The predicted octanol–water partition coefficient (Wildman–Crippen LogP) is 4.33. The van der Waals surface area contributed by atoms with Crippen molar-refractivity contribution in [2.75, 3.05) is 13.6 Å². The van der Waals surface area contributed by atoms with Crippen molar-refractivity contribution in [1.29, 1.82) is 0 Å². The predicted molar refractivity (Wildman–Crippen MR) is 89.4 cm³/mol. The standard InChI is InChI=1S/C17H29ClN2/c1-6-9-15(12-19-17(2,3)4)20(5)13-14-10-7-8-11-16(14)18/h7-8,10-11,15,19H,6,9,12-13H2,1-5H3. The van der Waals surface area contributed by atoms with Crippen LogP contribution in [0.2, 0.25) is 5.02 Å². The molecule has 2 nitrogen and oxygen atoms in total. The largest absolute Gasteiger partial charge is 0.311 e. The number of hydrogen-bond acceptors (Lipinski definition) is 2. The molecule has 3 heteroatoms. The molecule has 0 aromatic heterocycles. The molecule has 1 unspecified atom stereocenters. The Kier molecular flexibility index (Phi) is 7.01. The Bertz CT molecular complexity index is 398. The molecule has 1 aromatic carbocycles. The molecule has 0 fully saturated rings. The lowest BCUT2D eigenvalue weighted by Crippen LogP contribution is -2.46. The average Bonchev–Trinajstić information content (AvgIpc) is 2.36. The summed E-state index contributed by atoms with van der Waals surface area (Å²) >= 11 is 6.26. The Hall–Kier alpha value is -0.570. The van der Waals surface area contributed by atoms with Crippen molar-refractivity contribution in [3.63, 3.8) is 0 Å². The summed E-state index contributed by atoms with van der Waals surface area (Å²) in [5.41, 5.74) is 1.37. The van der Waals surface area contributed by atoms with Gasteiger partial charge in [-0.05, 0) is 45.9 Å². The van der Waals surface area contributed by atoms with E-state index < -0.39 is 0 Å². The van der Waals surface area contributed by atoms with Crippen LogP contribution in [0.1, 0.15) is 46.1 Å². The van der Waals surface area contributed by atoms with Gasteiger partial charge in [0.05, 0.1) is 0 Å². The van der Waals surface area contributed by atoms with E-state index in [9.17, 15) is 0 Å². The van der Waals surface area contributed by atoms with Crippen LogP contribution in [0.25, 0.3) is 0 Å². The maximum atomic E-state index is 6.26. The van der Waals surface area contributed by atoms with Crippen molar-refractivity contribution in [3.05, 3.63) is 34.9 Å². The Balaban J connectivity index is 2.64. The van der Waals surface area contributed by atoms with Gasteiger partial charge in [0.1, 0.15) is 0 Å². The lowest BCUT2D eigenvalue weighted by atomic mass is 10.1. The fourth-order valence-corrected chi connectivity index (χ4v) is 2.46. The normalized spacial score (nSPS) is 13.8. The smallest absolute Gasteiger partial charge is 0.0451 e. The first-order valence-electron chi connectivity index (χ1n) is 7.52. The molecule has 1 atom stereocenters. The summed E-state index contributed by atoms with van der Waals surface area (Å²) in [7, 11) is 2.19. The molecule has 0 aliphatic carbocycles. The highest BCUT2D eigenvalue weighted by Gasteiger charge is 2.18. The van der Waals surface area contributed by atoms with Crippen LogP contribution in [-0.2, 0) is 6.54 Å². The molecule has 1 aromatic rings. The third-order valence-corrected chi connectivity index (χ3v) is 3.86. The fourth-order valence-electron chi connectivity index (χ4n) is 2.26. The molecule has 0 spiro atoms. The molecule has 0 saturated heterocycles. The van der Waals surface area contributed by atoms with E-state index in [-0.39, 0.29) is 5.54 Å². The number of rotatable bonds is 7. The minimum Gasteiger partial charge on any atom is -0.311 e. The topological polar surface area (TPSA) is 15.3 Å². The summed E-state index contributed by atoms with van der Waals surface area (Å²) < 4.78 is 0. The van der Waals surface area contributed by atoms with E-state index in [1.165, 1.54) is 18.4 Å². The highest BCUT2D eigenvalue weighted by molar-refractivity contribution is 6.31. The maximum absolute atomic E-state index is 6.26. The molecule has 20 heavy (non-hydrogen) atoms. The number of likely N-dealkylation sites (N-methyl/N-ethyl adjacent to an activating group) is 1. The molecule has 0 heterocycles. The number of nitrogens with one attached hydrogen (secondary N) is 1. The van der Waals surface area contributed by atoms with E-state index in [1.807, 2.05) is 12.1 Å². The lowest BCUT2D eigenvalue weighted by Gasteiger charge is -2.32. The molecular formula is C17H29ClN2. The summed E-state index contributed by atoms with van der Waals surface area (Å²) in [6.45, 7) is 10.8. The van der Waals surface area contributed by atoms with Gasteiger partial charge in [0.2, 0.25) is 0 Å². The first kappa shape index (κ1) is 17.5. The second-order valence-electron chi connectivity index (χ2n) is 6.58. The van der Waals surface area contributed by atoms with Gasteiger partial charge in [-0.2, -0.15) is 0 Å². The van der Waals surface area contributed by atoms with E-state index in [1.54, 1.807) is 0 Å². The molecular weight excluding hydrogens is 268 g/mol. The summed E-state index contributed by atoms with van der Waals surface area (Å²) in [5, 5.41) is 4.47. The number of halogens is 1. The summed E-state index contributed by atoms with van der Waals surface area (Å²) in [5.74, 6) is 0. The minimum atomic E-state index is 0.164. The SMILES string of the molecule is CCCC(CNC(C)(C)C)N(C)Cc1ccccc1Cl. The summed E-state index contributed by atoms with van der Waals surface area (Å²) in [6, 6.07) is 8.65. The van der Waals surface area contributed by atoms with Gasteiger partial charge in [0.15, 0.2) is 0 Å². The van der Waals surface area contributed by atoms with E-state index in [4.69, 9.17) is 11.6 Å². The maximum Gasteiger partial charge on any atom is 0.0451 e. The molecule has 1 rings (SSSR count). The lowest BCUT2D eigenvalue weighted by molar-refractivity contribution is 0.202. The van der Waals surface area contributed by atoms with Crippen LogP contribution in [-0.4, -0.2) is 30.1 Å². The van der Waals surface area contributed by atoms with Gasteiger partial charge in [-0.25, -0.2) is 0 Å². The van der Waals surface area contributed by atoms with Crippen LogP contribution in [0, 0.1) is 0 Å². The van der Waals surface area contributed by atoms with E-state index in [2.05, 4.69) is 57.1 Å². The Morgan fingerprint density at radius 2 is 1.90 bits per heavy atom. The zero-order chi connectivity index (χ0) is 15.2. The Labute approximate surface area is 129 Å². The first-order chi connectivity index (χ1) is 9.33. The molecule has 0 aliphatic heterocycles. The number of nitrogens with zero attached hydrogens (tertiary/aromatic N) is 1. The van der Waals surface area contributed by atoms with Crippen LogP contribution in [0.15, 0.2) is 24.3 Å². The average molecular weight is 297 g/mol. The molecule has 0 radical (unpaired) electrons. The third-order valence-electron chi connectivity index (χ3n) is 3.49. The van der Waals surface area contributed by atoms with Gasteiger partial charge in [-0.1, -0.05) is 43.1 Å². The van der Waals surface area contributed by atoms with Crippen molar-refractivity contribution in [1.82, 2.24) is 10.2 Å². The highest BCUT2D eigenvalue weighted by Crippen LogP contribution is 2.18. The Morgan fingerprint density at radius 3 is 2.45 bits per heavy atom. The van der Waals surface area contributed by atoms with Crippen molar-refractivity contribution < 1.29 is 0 Å². The van der Waals surface area contributed by atoms with Crippen LogP contribution in [0.5, 0.6) is 0 Å². The zero-order valence-corrected chi connectivity index (χ0v) is 14.3. The highest BCUT2D eigenvalue weighted by atomic mass is 35.5. The van der Waals surface area contributed by atoms with Gasteiger partial charge in [-0.3, -0.25) is 4.90 Å². The van der Waals surface area contributed by atoms with Gasteiger partial charge in [0, 0.05) is 29.7 Å². The Morgan fingerprint density at radius 1 is 1.25 bits per heavy atom. The molecule has 1 N–H and O–H groups in total. The van der Waals surface area contributed by atoms with Gasteiger partial charge in [0.25, 0.3) is 0 Å². The molecule has 0 aliphatic rings. The first-order valence-corrected chi connectivity index (χ1v) is 7.90. The van der Waals surface area contributed by atoms with Crippen LogP contribution in [0.4, 0.5) is 0 Å². The molecule has 0 saturated carbocycles. The van der Waals surface area contributed by atoms with E-state index >= 15 is 0 Å². The quantitative estimate of drug-likeness (QED) is 0.806. The van der Waals surface area contributed by atoms with Crippen molar-refractivity contribution >= 4 is 11.6 Å². The van der Waals surface area contributed by atoms with Gasteiger partial charge in [-0.15, -0.1) is 0 Å². The monoisotopic (exact) mass is 296 g/mol. The second-order valence-corrected chi connectivity index (χ2v) is 6.99. The molecule has 0 bridgehead atoms. The zero-order valence-electron chi connectivity index (χ0n) is 13.5. The molecule has 0 amide bonds. The summed E-state index contributed by atoms with van der Waals surface area (Å²) in [4.78, 5) is 2.41. The molecule has 114 valence electrons.